The van der Waals surface area contributed by atoms with E-state index < -0.39 is 47.9 Å². The van der Waals surface area contributed by atoms with Crippen molar-refractivity contribution in [1.29, 1.82) is 0 Å². The summed E-state index contributed by atoms with van der Waals surface area (Å²) in [4.78, 5) is 61.9. The number of aliphatic imine (C=N–C) groups is 1. The number of aromatic nitrogens is 2. The Labute approximate surface area is 247 Å². The molecule has 2 rings (SSSR count). The number of nitrogens with zero attached hydrogens (tertiary/aromatic N) is 2. The molecule has 3 amide bonds. The van der Waals surface area contributed by atoms with Crippen LogP contribution < -0.4 is 33.2 Å². The lowest BCUT2D eigenvalue weighted by atomic mass is 10.0. The van der Waals surface area contributed by atoms with Gasteiger partial charge in [0.1, 0.15) is 23.9 Å². The zero-order chi connectivity index (χ0) is 31.1. The van der Waals surface area contributed by atoms with Crippen molar-refractivity contribution in [3.8, 4) is 5.75 Å². The van der Waals surface area contributed by atoms with Crippen LogP contribution in [0.1, 0.15) is 30.5 Å². The first kappa shape index (κ1) is 33.9. The maximum atomic E-state index is 13.4. The van der Waals surface area contributed by atoms with Gasteiger partial charge >= 0.3 is 5.97 Å². The summed E-state index contributed by atoms with van der Waals surface area (Å²) in [6, 6.07) is 1.84. The Bertz CT molecular complexity index is 1190. The molecule has 1 aromatic heterocycles. The maximum Gasteiger partial charge on any atom is 0.326 e. The zero-order valence-electron chi connectivity index (χ0n) is 23.3. The summed E-state index contributed by atoms with van der Waals surface area (Å²) in [6.07, 6.45) is 5.49. The highest BCUT2D eigenvalue weighted by molar-refractivity contribution is 7.98. The number of nitrogens with one attached hydrogen (secondary N) is 4. The van der Waals surface area contributed by atoms with Crippen LogP contribution in [-0.4, -0.2) is 92.6 Å². The van der Waals surface area contributed by atoms with Gasteiger partial charge in [-0.15, -0.1) is 0 Å². The Morgan fingerprint density at radius 3 is 2.21 bits per heavy atom. The Hall–Kier alpha value is -4.31. The smallest absolute Gasteiger partial charge is 0.326 e. The van der Waals surface area contributed by atoms with E-state index in [4.69, 9.17) is 17.2 Å². The number of thioether (sulfide) groups is 1. The van der Waals surface area contributed by atoms with Crippen molar-refractivity contribution >= 4 is 41.4 Å². The standard InChI is InChI=1S/C26H39N9O6S/c1-42-10-8-19(33-22(37)18(27)11-15-4-6-17(36)7-5-15)23(38)35-21(12-16-13-30-14-32-16)24(39)34-20(25(40)41)3-2-9-31-26(28)29/h4-7,13-14,18-21,36H,2-3,8-12,27H2,1H3,(H,30,32)(H,33,37)(H,34,39)(H,35,38)(H,40,41)(H4,28,29,31). The van der Waals surface area contributed by atoms with E-state index in [0.717, 1.165) is 5.56 Å². The van der Waals surface area contributed by atoms with E-state index in [1.54, 1.807) is 12.1 Å². The highest BCUT2D eigenvalue weighted by Crippen LogP contribution is 2.11. The number of hydrogen-bond acceptors (Lipinski definition) is 9. The number of hydrogen-bond donors (Lipinski definition) is 9. The minimum Gasteiger partial charge on any atom is -0.508 e. The third-order valence-electron chi connectivity index (χ3n) is 6.14. The number of H-pyrrole nitrogens is 1. The molecule has 16 heteroatoms. The summed E-state index contributed by atoms with van der Waals surface area (Å²) in [5, 5.41) is 26.9. The fourth-order valence-corrected chi connectivity index (χ4v) is 4.36. The van der Waals surface area contributed by atoms with Crippen molar-refractivity contribution in [2.45, 2.75) is 56.3 Å². The van der Waals surface area contributed by atoms with E-state index in [2.05, 4.69) is 30.9 Å². The van der Waals surface area contributed by atoms with Crippen LogP contribution in [0.25, 0.3) is 0 Å². The molecule has 1 aromatic carbocycles. The van der Waals surface area contributed by atoms with Gasteiger partial charge in [0.05, 0.1) is 12.4 Å². The molecule has 42 heavy (non-hydrogen) atoms. The monoisotopic (exact) mass is 605 g/mol. The van der Waals surface area contributed by atoms with Gasteiger partial charge in [0.2, 0.25) is 17.7 Å². The molecule has 0 spiro atoms. The quantitative estimate of drug-likeness (QED) is 0.0540. The van der Waals surface area contributed by atoms with E-state index in [-0.39, 0.29) is 43.9 Å². The molecule has 0 saturated heterocycles. The van der Waals surface area contributed by atoms with Gasteiger partial charge < -0.3 is 48.3 Å². The number of carboxylic acids is 1. The van der Waals surface area contributed by atoms with Gasteiger partial charge in [-0.1, -0.05) is 12.1 Å². The lowest BCUT2D eigenvalue weighted by Crippen LogP contribution is -2.58. The minimum atomic E-state index is -1.26. The Kier molecular flexibility index (Phi) is 14.1. The van der Waals surface area contributed by atoms with Crippen LogP contribution in [0.3, 0.4) is 0 Å². The van der Waals surface area contributed by atoms with Crippen molar-refractivity contribution in [1.82, 2.24) is 25.9 Å². The molecule has 4 atom stereocenters. The number of aromatic hydroxyl groups is 1. The van der Waals surface area contributed by atoms with Crippen LogP contribution in [0.15, 0.2) is 41.8 Å². The molecular weight excluding hydrogens is 566 g/mol. The highest BCUT2D eigenvalue weighted by Gasteiger charge is 2.30. The van der Waals surface area contributed by atoms with Gasteiger partial charge in [-0.05, 0) is 55.4 Å². The molecule has 0 aliphatic rings. The number of carboxylic acid groups (broad SMARTS) is 1. The molecule has 230 valence electrons. The number of benzene rings is 1. The van der Waals surface area contributed by atoms with Crippen molar-refractivity contribution < 1.29 is 29.4 Å². The van der Waals surface area contributed by atoms with E-state index in [0.29, 0.717) is 17.9 Å². The second kappa shape index (κ2) is 17.5. The summed E-state index contributed by atoms with van der Waals surface area (Å²) in [5.74, 6) is -2.70. The second-order valence-corrected chi connectivity index (χ2v) is 10.5. The predicted molar refractivity (Wildman–Crippen MR) is 158 cm³/mol. The number of carbonyl (C=O) groups is 4. The van der Waals surface area contributed by atoms with Crippen molar-refractivity contribution in [3.05, 3.63) is 48.0 Å². The first-order valence-corrected chi connectivity index (χ1v) is 14.6. The van der Waals surface area contributed by atoms with E-state index in [9.17, 15) is 29.4 Å². The number of imidazole rings is 1. The summed E-state index contributed by atoms with van der Waals surface area (Å²) in [7, 11) is 0. The third kappa shape index (κ3) is 12.1. The Balaban J connectivity index is 2.13. The molecule has 0 radical (unpaired) electrons. The Morgan fingerprint density at radius 2 is 1.62 bits per heavy atom. The predicted octanol–water partition coefficient (Wildman–Crippen LogP) is -1.43. The molecular formula is C26H39N9O6S. The van der Waals surface area contributed by atoms with Gasteiger partial charge in [0.15, 0.2) is 5.96 Å². The van der Waals surface area contributed by atoms with Crippen molar-refractivity contribution in [2.24, 2.45) is 22.2 Å². The normalized spacial score (nSPS) is 13.7. The molecule has 15 nitrogen and oxygen atoms in total. The summed E-state index contributed by atoms with van der Waals surface area (Å²) in [5.41, 5.74) is 17.9. The lowest BCUT2D eigenvalue weighted by Gasteiger charge is -2.25. The molecule has 4 unspecified atom stereocenters. The van der Waals surface area contributed by atoms with Crippen LogP contribution in [0, 0.1) is 0 Å². The molecule has 2 aromatic rings. The largest absolute Gasteiger partial charge is 0.508 e. The minimum absolute atomic E-state index is 0.0124. The number of nitrogens with two attached hydrogens (primary N) is 3. The van der Waals surface area contributed by atoms with Crippen LogP contribution in [0.2, 0.25) is 0 Å². The SMILES string of the molecule is CSCCC(NC(=O)C(N)Cc1ccc(O)cc1)C(=O)NC(Cc1cnc[nH]1)C(=O)NC(CCCN=C(N)N)C(=O)O. The molecule has 1 heterocycles. The van der Waals surface area contributed by atoms with E-state index in [1.807, 2.05) is 6.26 Å². The van der Waals surface area contributed by atoms with Gasteiger partial charge in [0.25, 0.3) is 0 Å². The number of amides is 3. The third-order valence-corrected chi connectivity index (χ3v) is 6.79. The van der Waals surface area contributed by atoms with E-state index >= 15 is 0 Å². The fourth-order valence-electron chi connectivity index (χ4n) is 3.89. The molecule has 0 saturated carbocycles. The zero-order valence-corrected chi connectivity index (χ0v) is 24.1. The van der Waals surface area contributed by atoms with Crippen LogP contribution >= 0.6 is 11.8 Å². The van der Waals surface area contributed by atoms with Crippen LogP contribution in [0.5, 0.6) is 5.75 Å². The number of aliphatic carboxylic acids is 1. The van der Waals surface area contributed by atoms with Gasteiger partial charge in [-0.3, -0.25) is 19.4 Å². The number of aromatic amines is 1. The molecule has 0 aliphatic carbocycles. The number of guanidine groups is 1. The molecule has 0 bridgehead atoms. The first-order valence-electron chi connectivity index (χ1n) is 13.2. The number of phenolic OH excluding ortho intramolecular Hbond substituents is 1. The maximum absolute atomic E-state index is 13.4. The van der Waals surface area contributed by atoms with Crippen molar-refractivity contribution in [3.63, 3.8) is 0 Å². The summed E-state index contributed by atoms with van der Waals surface area (Å²) < 4.78 is 0. The van der Waals surface area contributed by atoms with Gasteiger partial charge in [0, 0.05) is 24.9 Å². The van der Waals surface area contributed by atoms with Crippen molar-refractivity contribution in [2.75, 3.05) is 18.6 Å². The molecule has 0 fully saturated rings. The Morgan fingerprint density at radius 1 is 0.976 bits per heavy atom. The van der Waals surface area contributed by atoms with Gasteiger partial charge in [-0.2, -0.15) is 11.8 Å². The number of carbonyl (C=O) groups excluding carboxylic acids is 3. The fraction of sp³-hybridized carbons (Fsp3) is 0.462. The van der Waals surface area contributed by atoms with Crippen LogP contribution in [-0.2, 0) is 32.0 Å². The average molecular weight is 606 g/mol. The molecule has 0 aliphatic heterocycles. The second-order valence-electron chi connectivity index (χ2n) is 9.51. The number of rotatable bonds is 18. The highest BCUT2D eigenvalue weighted by atomic mass is 32.2. The average Bonchev–Trinajstić information content (AvgIpc) is 3.46. The van der Waals surface area contributed by atoms with Crippen LogP contribution in [0.4, 0.5) is 0 Å². The lowest BCUT2D eigenvalue weighted by molar-refractivity contribution is -0.142. The molecule has 12 N–H and O–H groups in total. The number of phenols is 1. The first-order chi connectivity index (χ1) is 20.0. The van der Waals surface area contributed by atoms with Gasteiger partial charge in [-0.25, -0.2) is 9.78 Å². The van der Waals surface area contributed by atoms with E-state index in [1.165, 1.54) is 36.4 Å². The summed E-state index contributed by atoms with van der Waals surface area (Å²) in [6.45, 7) is 0.183. The summed E-state index contributed by atoms with van der Waals surface area (Å²) >= 11 is 1.47. The topological polar surface area (TPSA) is 264 Å².